The summed E-state index contributed by atoms with van der Waals surface area (Å²) >= 11 is 1.87. The molecule has 0 bridgehead atoms. The molecular formula is C14H16BrNS. The van der Waals surface area contributed by atoms with Crippen molar-refractivity contribution in [3.05, 3.63) is 59.8 Å². The fourth-order valence-electron chi connectivity index (χ4n) is 1.50. The SMILES string of the molecule is Cc1ccc(CSc2cccc[n+]2C)cc1.[Br-]. The molecule has 1 heterocycles. The maximum atomic E-state index is 2.20. The van der Waals surface area contributed by atoms with E-state index in [1.165, 1.54) is 16.2 Å². The first kappa shape index (κ1) is 14.3. The zero-order valence-electron chi connectivity index (χ0n) is 10.1. The van der Waals surface area contributed by atoms with Crippen molar-refractivity contribution in [3.63, 3.8) is 0 Å². The lowest BCUT2D eigenvalue weighted by molar-refractivity contribution is -0.708. The highest BCUT2D eigenvalue weighted by Gasteiger charge is 2.05. The van der Waals surface area contributed by atoms with Gasteiger partial charge in [-0.3, -0.25) is 0 Å². The van der Waals surface area contributed by atoms with Gasteiger partial charge in [0.1, 0.15) is 7.05 Å². The molecule has 0 atom stereocenters. The molecule has 0 radical (unpaired) electrons. The Kier molecular flexibility index (Phi) is 5.72. The van der Waals surface area contributed by atoms with Crippen molar-refractivity contribution in [1.29, 1.82) is 0 Å². The van der Waals surface area contributed by atoms with Crippen LogP contribution < -0.4 is 21.5 Å². The summed E-state index contributed by atoms with van der Waals surface area (Å²) in [6.45, 7) is 2.12. The summed E-state index contributed by atoms with van der Waals surface area (Å²) in [4.78, 5) is 0. The molecule has 0 unspecified atom stereocenters. The van der Waals surface area contributed by atoms with Crippen LogP contribution in [0.25, 0.3) is 0 Å². The van der Waals surface area contributed by atoms with E-state index < -0.39 is 0 Å². The highest BCUT2D eigenvalue weighted by atomic mass is 79.9. The largest absolute Gasteiger partial charge is 1.00 e. The van der Waals surface area contributed by atoms with Crippen molar-refractivity contribution in [2.24, 2.45) is 7.05 Å². The molecule has 0 amide bonds. The molecule has 2 rings (SSSR count). The average Bonchev–Trinajstić information content (AvgIpc) is 2.30. The summed E-state index contributed by atoms with van der Waals surface area (Å²) in [6, 6.07) is 15.0. The van der Waals surface area contributed by atoms with Crippen molar-refractivity contribution in [2.75, 3.05) is 0 Å². The van der Waals surface area contributed by atoms with Crippen LogP contribution in [-0.4, -0.2) is 0 Å². The summed E-state index contributed by atoms with van der Waals surface area (Å²) in [6.07, 6.45) is 2.08. The zero-order chi connectivity index (χ0) is 11.4. The van der Waals surface area contributed by atoms with Crippen molar-refractivity contribution >= 4 is 11.8 Å². The summed E-state index contributed by atoms with van der Waals surface area (Å²) in [5.41, 5.74) is 2.69. The molecule has 90 valence electrons. The number of aryl methyl sites for hydroxylation is 2. The van der Waals surface area contributed by atoms with Crippen LogP contribution in [0.2, 0.25) is 0 Å². The molecule has 0 N–H and O–H groups in total. The Hall–Kier alpha value is -0.800. The van der Waals surface area contributed by atoms with Gasteiger partial charge in [0.25, 0.3) is 0 Å². The van der Waals surface area contributed by atoms with Gasteiger partial charge in [-0.15, -0.1) is 0 Å². The van der Waals surface area contributed by atoms with E-state index >= 15 is 0 Å². The molecule has 0 saturated carbocycles. The molecule has 0 aliphatic rings. The van der Waals surface area contributed by atoms with E-state index in [0.717, 1.165) is 5.75 Å². The lowest BCUT2D eigenvalue weighted by atomic mass is 10.2. The van der Waals surface area contributed by atoms with Gasteiger partial charge in [-0.2, -0.15) is 4.57 Å². The third-order valence-corrected chi connectivity index (χ3v) is 3.71. The van der Waals surface area contributed by atoms with Gasteiger partial charge in [-0.05, 0) is 18.6 Å². The van der Waals surface area contributed by atoms with Gasteiger partial charge < -0.3 is 17.0 Å². The molecule has 0 saturated heterocycles. The lowest BCUT2D eigenvalue weighted by Crippen LogP contribution is -3.00. The lowest BCUT2D eigenvalue weighted by Gasteiger charge is -2.01. The number of rotatable bonds is 3. The molecule has 1 nitrogen and oxygen atoms in total. The number of halogens is 1. The summed E-state index contributed by atoms with van der Waals surface area (Å²) in [7, 11) is 2.08. The number of hydrogen-bond acceptors (Lipinski definition) is 1. The Morgan fingerprint density at radius 3 is 2.41 bits per heavy atom. The molecule has 0 aliphatic heterocycles. The number of hydrogen-bond donors (Lipinski definition) is 0. The number of pyridine rings is 1. The maximum Gasteiger partial charge on any atom is 0.240 e. The van der Waals surface area contributed by atoms with Crippen LogP contribution in [0.5, 0.6) is 0 Å². The number of thioether (sulfide) groups is 1. The maximum absolute atomic E-state index is 2.20. The molecule has 0 fully saturated rings. The van der Waals surface area contributed by atoms with Crippen LogP contribution in [0, 0.1) is 6.92 Å². The Balaban J connectivity index is 0.00000144. The van der Waals surface area contributed by atoms with Crippen LogP contribution in [0.1, 0.15) is 11.1 Å². The third kappa shape index (κ3) is 4.17. The zero-order valence-corrected chi connectivity index (χ0v) is 12.5. The van der Waals surface area contributed by atoms with Crippen molar-refractivity contribution in [2.45, 2.75) is 17.7 Å². The molecular weight excluding hydrogens is 294 g/mol. The minimum absolute atomic E-state index is 0. The van der Waals surface area contributed by atoms with Crippen LogP contribution >= 0.6 is 11.8 Å². The summed E-state index contributed by atoms with van der Waals surface area (Å²) < 4.78 is 2.15. The molecule has 0 spiro atoms. The first-order valence-corrected chi connectivity index (χ1v) is 6.37. The Labute approximate surface area is 118 Å². The Morgan fingerprint density at radius 1 is 1.06 bits per heavy atom. The van der Waals surface area contributed by atoms with Gasteiger partial charge in [0.15, 0.2) is 6.20 Å². The Bertz CT molecular complexity index is 468. The minimum Gasteiger partial charge on any atom is -1.00 e. The number of benzene rings is 1. The van der Waals surface area contributed by atoms with Crippen LogP contribution in [0.4, 0.5) is 0 Å². The highest BCUT2D eigenvalue weighted by Crippen LogP contribution is 2.19. The van der Waals surface area contributed by atoms with Gasteiger partial charge in [0.05, 0.1) is 0 Å². The fourth-order valence-corrected chi connectivity index (χ4v) is 2.45. The standard InChI is InChI=1S/C14H16NS.BrH/c1-12-6-8-13(9-7-12)11-16-14-5-3-4-10-15(14)2;/h3-10H,11H2,1-2H3;1H/q+1;/p-1. The van der Waals surface area contributed by atoms with E-state index in [-0.39, 0.29) is 17.0 Å². The predicted molar refractivity (Wildman–Crippen MR) is 68.4 cm³/mol. The van der Waals surface area contributed by atoms with Gasteiger partial charge >= 0.3 is 0 Å². The fraction of sp³-hybridized carbons (Fsp3) is 0.214. The van der Waals surface area contributed by atoms with E-state index in [4.69, 9.17) is 0 Å². The molecule has 1 aromatic carbocycles. The van der Waals surface area contributed by atoms with Crippen LogP contribution in [0.3, 0.4) is 0 Å². The van der Waals surface area contributed by atoms with Crippen LogP contribution in [-0.2, 0) is 12.8 Å². The molecule has 17 heavy (non-hydrogen) atoms. The Morgan fingerprint density at radius 2 is 1.76 bits per heavy atom. The highest BCUT2D eigenvalue weighted by molar-refractivity contribution is 7.98. The normalized spacial score (nSPS) is 9.76. The van der Waals surface area contributed by atoms with E-state index in [1.54, 1.807) is 0 Å². The third-order valence-electron chi connectivity index (χ3n) is 2.51. The summed E-state index contributed by atoms with van der Waals surface area (Å²) in [5, 5.41) is 1.29. The first-order chi connectivity index (χ1) is 7.75. The molecule has 0 aliphatic carbocycles. The topological polar surface area (TPSA) is 3.88 Å². The quantitative estimate of drug-likeness (QED) is 0.575. The van der Waals surface area contributed by atoms with Gasteiger partial charge in [-0.1, -0.05) is 41.6 Å². The van der Waals surface area contributed by atoms with E-state index in [2.05, 4.69) is 67.2 Å². The minimum atomic E-state index is 0. The molecule has 2 aromatic rings. The summed E-state index contributed by atoms with van der Waals surface area (Å²) in [5.74, 6) is 1.03. The van der Waals surface area contributed by atoms with E-state index in [1.807, 2.05) is 11.8 Å². The first-order valence-electron chi connectivity index (χ1n) is 5.39. The van der Waals surface area contributed by atoms with Gasteiger partial charge in [0, 0.05) is 17.9 Å². The van der Waals surface area contributed by atoms with Gasteiger partial charge in [0.2, 0.25) is 5.03 Å². The second-order valence-electron chi connectivity index (χ2n) is 3.92. The molecule has 3 heteroatoms. The van der Waals surface area contributed by atoms with Crippen LogP contribution in [0.15, 0.2) is 53.7 Å². The smallest absolute Gasteiger partial charge is 0.240 e. The van der Waals surface area contributed by atoms with Crippen molar-refractivity contribution in [1.82, 2.24) is 0 Å². The van der Waals surface area contributed by atoms with E-state index in [9.17, 15) is 0 Å². The predicted octanol–water partition coefficient (Wildman–Crippen LogP) is 0.116. The van der Waals surface area contributed by atoms with Crippen molar-refractivity contribution in [3.8, 4) is 0 Å². The second kappa shape index (κ2) is 6.82. The van der Waals surface area contributed by atoms with Crippen molar-refractivity contribution < 1.29 is 21.5 Å². The number of aromatic nitrogens is 1. The van der Waals surface area contributed by atoms with E-state index in [0.29, 0.717) is 0 Å². The molecule has 1 aromatic heterocycles. The average molecular weight is 310 g/mol. The van der Waals surface area contributed by atoms with Gasteiger partial charge in [-0.25, -0.2) is 0 Å². The second-order valence-corrected chi connectivity index (χ2v) is 4.92. The number of nitrogens with zero attached hydrogens (tertiary/aromatic N) is 1. The monoisotopic (exact) mass is 309 g/mol.